The van der Waals surface area contributed by atoms with Crippen molar-refractivity contribution in [1.82, 2.24) is 10.2 Å². The van der Waals surface area contributed by atoms with Gasteiger partial charge in [0, 0.05) is 30.6 Å². The number of benzene rings is 2. The second-order valence-corrected chi connectivity index (χ2v) is 12.4. The van der Waals surface area contributed by atoms with Gasteiger partial charge >= 0.3 is 0 Å². The van der Waals surface area contributed by atoms with Crippen molar-refractivity contribution >= 4 is 39.1 Å². The third-order valence-corrected chi connectivity index (χ3v) is 8.47. The summed E-state index contributed by atoms with van der Waals surface area (Å²) >= 11 is 6.16. The minimum Gasteiger partial charge on any atom is -0.352 e. The van der Waals surface area contributed by atoms with Crippen LogP contribution in [-0.2, 0) is 26.2 Å². The molecule has 9 heteroatoms. The van der Waals surface area contributed by atoms with Gasteiger partial charge in [-0.1, -0.05) is 42.6 Å². The van der Waals surface area contributed by atoms with E-state index in [0.717, 1.165) is 42.4 Å². The minimum atomic E-state index is -3.53. The number of nitrogens with one attached hydrogen (secondary N) is 1. The number of rotatable bonds is 11. The normalized spacial score (nSPS) is 14.8. The zero-order chi connectivity index (χ0) is 27.2. The summed E-state index contributed by atoms with van der Waals surface area (Å²) < 4.78 is 26.4. The molecule has 2 aromatic carbocycles. The van der Waals surface area contributed by atoms with Crippen LogP contribution < -0.4 is 9.62 Å². The summed E-state index contributed by atoms with van der Waals surface area (Å²) in [6, 6.07) is 12.2. The Balaban J connectivity index is 1.73. The molecular formula is C28H38ClN3O4S. The molecule has 0 spiro atoms. The molecule has 1 aliphatic carbocycles. The molecule has 2 amide bonds. The van der Waals surface area contributed by atoms with Gasteiger partial charge in [0.25, 0.3) is 0 Å². The van der Waals surface area contributed by atoms with Gasteiger partial charge < -0.3 is 10.2 Å². The molecule has 7 nitrogen and oxygen atoms in total. The van der Waals surface area contributed by atoms with E-state index >= 15 is 0 Å². The predicted molar refractivity (Wildman–Crippen MR) is 149 cm³/mol. The van der Waals surface area contributed by atoms with E-state index in [2.05, 4.69) is 5.32 Å². The molecule has 0 heterocycles. The summed E-state index contributed by atoms with van der Waals surface area (Å²) in [5.41, 5.74) is 3.48. The van der Waals surface area contributed by atoms with Gasteiger partial charge in [0.05, 0.1) is 11.9 Å². The molecule has 1 atom stereocenters. The number of nitrogens with zero attached hydrogens (tertiary/aromatic N) is 2. The van der Waals surface area contributed by atoms with Crippen LogP contribution in [0.3, 0.4) is 0 Å². The maximum atomic E-state index is 13.4. The highest BCUT2D eigenvalue weighted by Crippen LogP contribution is 2.23. The lowest BCUT2D eigenvalue weighted by Gasteiger charge is -2.30. The van der Waals surface area contributed by atoms with Crippen LogP contribution in [0.4, 0.5) is 5.69 Å². The Hall–Kier alpha value is -2.58. The Labute approximate surface area is 226 Å². The molecule has 1 aliphatic rings. The Morgan fingerprint density at radius 1 is 1.08 bits per heavy atom. The Bertz CT molecular complexity index is 1210. The maximum absolute atomic E-state index is 13.4. The first-order valence-corrected chi connectivity index (χ1v) is 15.1. The van der Waals surface area contributed by atoms with E-state index in [0.29, 0.717) is 17.1 Å². The molecular weight excluding hydrogens is 510 g/mol. The average Bonchev–Trinajstić information content (AvgIpc) is 3.34. The molecule has 0 aliphatic heterocycles. The third kappa shape index (κ3) is 8.20. The zero-order valence-electron chi connectivity index (χ0n) is 22.2. The van der Waals surface area contributed by atoms with E-state index in [4.69, 9.17) is 11.6 Å². The number of hydrogen-bond donors (Lipinski definition) is 1. The van der Waals surface area contributed by atoms with Crippen LogP contribution in [-0.4, -0.2) is 50.0 Å². The highest BCUT2D eigenvalue weighted by molar-refractivity contribution is 7.92. The second-order valence-electron chi connectivity index (χ2n) is 10.0. The Morgan fingerprint density at radius 3 is 2.41 bits per heavy atom. The van der Waals surface area contributed by atoms with Crippen molar-refractivity contribution in [3.63, 3.8) is 0 Å². The van der Waals surface area contributed by atoms with Crippen molar-refractivity contribution in [2.24, 2.45) is 0 Å². The van der Waals surface area contributed by atoms with E-state index in [9.17, 15) is 18.0 Å². The molecule has 1 saturated carbocycles. The van der Waals surface area contributed by atoms with Gasteiger partial charge in [-0.2, -0.15) is 0 Å². The van der Waals surface area contributed by atoms with Crippen molar-refractivity contribution in [2.75, 3.05) is 17.1 Å². The number of halogens is 1. The maximum Gasteiger partial charge on any atom is 0.242 e. The highest BCUT2D eigenvalue weighted by atomic mass is 35.5. The summed E-state index contributed by atoms with van der Waals surface area (Å²) in [6.45, 7) is 6.06. The van der Waals surface area contributed by atoms with Gasteiger partial charge in [-0.15, -0.1) is 0 Å². The molecule has 0 radical (unpaired) electrons. The monoisotopic (exact) mass is 547 g/mol. The molecule has 2 aromatic rings. The van der Waals surface area contributed by atoms with Crippen molar-refractivity contribution in [3.8, 4) is 0 Å². The summed E-state index contributed by atoms with van der Waals surface area (Å²) in [7, 11) is -3.53. The first-order valence-electron chi connectivity index (χ1n) is 12.8. The van der Waals surface area contributed by atoms with Crippen molar-refractivity contribution in [1.29, 1.82) is 0 Å². The lowest BCUT2D eigenvalue weighted by Crippen LogP contribution is -2.49. The molecule has 1 N–H and O–H groups in total. The summed E-state index contributed by atoms with van der Waals surface area (Å²) in [5, 5.41) is 3.65. The van der Waals surface area contributed by atoms with Crippen molar-refractivity contribution in [3.05, 3.63) is 64.2 Å². The lowest BCUT2D eigenvalue weighted by atomic mass is 10.1. The van der Waals surface area contributed by atoms with Gasteiger partial charge in [0.2, 0.25) is 21.8 Å². The van der Waals surface area contributed by atoms with Gasteiger partial charge in [0.1, 0.15) is 6.04 Å². The summed E-state index contributed by atoms with van der Waals surface area (Å²) in [6.07, 6.45) is 5.72. The molecule has 0 bridgehead atoms. The molecule has 0 aromatic heterocycles. The quantitative estimate of drug-likeness (QED) is 0.430. The van der Waals surface area contributed by atoms with Crippen molar-refractivity contribution in [2.45, 2.75) is 77.9 Å². The van der Waals surface area contributed by atoms with Gasteiger partial charge in [-0.25, -0.2) is 8.42 Å². The smallest absolute Gasteiger partial charge is 0.242 e. The Morgan fingerprint density at radius 2 is 1.78 bits per heavy atom. The van der Waals surface area contributed by atoms with E-state index in [1.54, 1.807) is 30.0 Å². The van der Waals surface area contributed by atoms with Crippen LogP contribution in [0.1, 0.15) is 62.1 Å². The number of anilines is 1. The van der Waals surface area contributed by atoms with Crippen LogP contribution in [0.2, 0.25) is 5.02 Å². The number of sulfonamides is 1. The summed E-state index contributed by atoms with van der Waals surface area (Å²) in [4.78, 5) is 28.0. The number of carbonyl (C=O) groups is 2. The molecule has 202 valence electrons. The van der Waals surface area contributed by atoms with Gasteiger partial charge in [0.15, 0.2) is 0 Å². The standard InChI is InChI=1S/C28H38ClN3O4S/c1-20-14-15-26(17-21(20)2)32(37(4,35)36)16-8-13-27(33)31(19-23-9-7-10-24(29)18-23)22(3)28(34)30-25-11-5-6-12-25/h7,9-10,14-15,17-18,22,25H,5-6,8,11-13,16,19H2,1-4H3,(H,30,34)/t22-/m1/s1. The average molecular weight is 548 g/mol. The number of carbonyl (C=O) groups excluding carboxylic acids is 2. The van der Waals surface area contributed by atoms with E-state index in [1.807, 2.05) is 38.1 Å². The minimum absolute atomic E-state index is 0.110. The topological polar surface area (TPSA) is 86.8 Å². The molecule has 1 fully saturated rings. The molecule has 3 rings (SSSR count). The fraction of sp³-hybridized carbons (Fsp3) is 0.500. The Kier molecular flexibility index (Phi) is 10.0. The van der Waals surface area contributed by atoms with E-state index < -0.39 is 16.1 Å². The van der Waals surface area contributed by atoms with Crippen molar-refractivity contribution < 1.29 is 18.0 Å². The fourth-order valence-electron chi connectivity index (χ4n) is 4.69. The SMILES string of the molecule is Cc1ccc(N(CCCC(=O)N(Cc2cccc(Cl)c2)[C@H](C)C(=O)NC2CCCC2)S(C)(=O)=O)cc1C. The van der Waals surface area contributed by atoms with Gasteiger partial charge in [-0.05, 0) is 81.0 Å². The largest absolute Gasteiger partial charge is 0.352 e. The van der Waals surface area contributed by atoms with E-state index in [1.165, 1.54) is 10.6 Å². The number of aryl methyl sites for hydroxylation is 2. The lowest BCUT2D eigenvalue weighted by molar-refractivity contribution is -0.141. The molecule has 37 heavy (non-hydrogen) atoms. The van der Waals surface area contributed by atoms with Crippen LogP contribution in [0.25, 0.3) is 0 Å². The third-order valence-electron chi connectivity index (χ3n) is 7.04. The van der Waals surface area contributed by atoms with Crippen LogP contribution in [0.5, 0.6) is 0 Å². The predicted octanol–water partition coefficient (Wildman–Crippen LogP) is 4.98. The van der Waals surface area contributed by atoms with Crippen LogP contribution in [0, 0.1) is 13.8 Å². The van der Waals surface area contributed by atoms with E-state index in [-0.39, 0.29) is 37.4 Å². The highest BCUT2D eigenvalue weighted by Gasteiger charge is 2.28. The first-order chi connectivity index (χ1) is 17.5. The number of amides is 2. The van der Waals surface area contributed by atoms with Gasteiger partial charge in [-0.3, -0.25) is 13.9 Å². The van der Waals surface area contributed by atoms with Crippen LogP contribution in [0.15, 0.2) is 42.5 Å². The summed E-state index contributed by atoms with van der Waals surface area (Å²) in [5.74, 6) is -0.377. The first kappa shape index (κ1) is 29.0. The fourth-order valence-corrected chi connectivity index (χ4v) is 5.86. The molecule has 0 unspecified atom stereocenters. The van der Waals surface area contributed by atoms with Crippen LogP contribution >= 0.6 is 11.6 Å². The zero-order valence-corrected chi connectivity index (χ0v) is 23.7. The second kappa shape index (κ2) is 12.8. The molecule has 0 saturated heterocycles. The number of hydrogen-bond acceptors (Lipinski definition) is 4.